The van der Waals surface area contributed by atoms with Crippen molar-refractivity contribution in [3.05, 3.63) is 77.5 Å². The van der Waals surface area contributed by atoms with Crippen molar-refractivity contribution in [2.75, 3.05) is 7.11 Å². The third-order valence-electron chi connectivity index (χ3n) is 3.62. The summed E-state index contributed by atoms with van der Waals surface area (Å²) in [6, 6.07) is 16.7. The van der Waals surface area contributed by atoms with E-state index in [1.165, 1.54) is 0 Å². The molecule has 0 saturated carbocycles. The zero-order valence-electron chi connectivity index (χ0n) is 14.9. The average molecular weight is 336 g/mol. The lowest BCUT2D eigenvalue weighted by molar-refractivity contribution is 0.104. The Morgan fingerprint density at radius 1 is 1.12 bits per heavy atom. The van der Waals surface area contributed by atoms with Gasteiger partial charge in [-0.2, -0.15) is 0 Å². The van der Waals surface area contributed by atoms with Gasteiger partial charge in [-0.25, -0.2) is 0 Å². The number of hydrogen-bond acceptors (Lipinski definition) is 4. The normalized spacial score (nSPS) is 11.3. The van der Waals surface area contributed by atoms with Gasteiger partial charge in [0.1, 0.15) is 5.75 Å². The van der Waals surface area contributed by atoms with E-state index in [0.29, 0.717) is 23.4 Å². The molecule has 0 radical (unpaired) electrons. The van der Waals surface area contributed by atoms with Crippen LogP contribution >= 0.6 is 0 Å². The second kappa shape index (κ2) is 8.83. The highest BCUT2D eigenvalue weighted by molar-refractivity contribution is 6.06. The van der Waals surface area contributed by atoms with Gasteiger partial charge in [-0.1, -0.05) is 42.5 Å². The molecule has 0 saturated heterocycles. The second-order valence-electron chi connectivity index (χ2n) is 6.09. The van der Waals surface area contributed by atoms with Gasteiger partial charge in [0.15, 0.2) is 5.78 Å². The third kappa shape index (κ3) is 5.60. The maximum absolute atomic E-state index is 12.4. The molecule has 4 heteroatoms. The van der Waals surface area contributed by atoms with Gasteiger partial charge >= 0.3 is 0 Å². The Morgan fingerprint density at radius 3 is 2.44 bits per heavy atom. The Bertz CT molecular complexity index is 764. The molecule has 0 heterocycles. The first-order chi connectivity index (χ1) is 12.0. The number of benzene rings is 2. The van der Waals surface area contributed by atoms with E-state index >= 15 is 0 Å². The lowest BCUT2D eigenvalue weighted by Crippen LogP contribution is -2.24. The molecule has 0 atom stereocenters. The zero-order chi connectivity index (χ0) is 18.2. The summed E-state index contributed by atoms with van der Waals surface area (Å²) in [6.07, 6.45) is 1.94. The Morgan fingerprint density at radius 2 is 1.80 bits per heavy atom. The van der Waals surface area contributed by atoms with Crippen LogP contribution in [0.25, 0.3) is 0 Å². The van der Waals surface area contributed by atoms with E-state index in [0.717, 1.165) is 11.3 Å². The fraction of sp³-hybridized carbons (Fsp3) is 0.238. The van der Waals surface area contributed by atoms with Gasteiger partial charge < -0.3 is 15.5 Å². The summed E-state index contributed by atoms with van der Waals surface area (Å²) in [7, 11) is 1.60. The highest BCUT2D eigenvalue weighted by Crippen LogP contribution is 2.16. The van der Waals surface area contributed by atoms with Gasteiger partial charge in [-0.3, -0.25) is 4.79 Å². The van der Waals surface area contributed by atoms with Gasteiger partial charge in [-0.05, 0) is 31.5 Å². The molecule has 2 aromatic rings. The van der Waals surface area contributed by atoms with Gasteiger partial charge in [0.2, 0.25) is 0 Å². The average Bonchev–Trinajstić information content (AvgIpc) is 2.61. The minimum Gasteiger partial charge on any atom is -0.497 e. The Kier molecular flexibility index (Phi) is 6.52. The molecular formula is C21H24N2O2. The van der Waals surface area contributed by atoms with E-state index in [2.05, 4.69) is 5.32 Å². The van der Waals surface area contributed by atoms with E-state index in [9.17, 15) is 4.79 Å². The number of ether oxygens (including phenoxy) is 1. The van der Waals surface area contributed by atoms with Crippen molar-refractivity contribution in [2.24, 2.45) is 0 Å². The smallest absolute Gasteiger partial charge is 0.187 e. The van der Waals surface area contributed by atoms with Crippen LogP contribution < -0.4 is 10.1 Å². The van der Waals surface area contributed by atoms with Crippen LogP contribution in [-0.2, 0) is 0 Å². The van der Waals surface area contributed by atoms with Crippen LogP contribution in [0.4, 0.5) is 0 Å². The molecule has 0 spiro atoms. The number of hydrogen-bond donors (Lipinski definition) is 2. The Labute approximate surface area is 149 Å². The molecule has 4 nitrogen and oxygen atoms in total. The maximum Gasteiger partial charge on any atom is 0.187 e. The molecule has 0 aliphatic carbocycles. The minimum atomic E-state index is -0.0674. The van der Waals surface area contributed by atoms with Gasteiger partial charge in [0.25, 0.3) is 0 Å². The predicted octanol–water partition coefficient (Wildman–Crippen LogP) is 4.22. The summed E-state index contributed by atoms with van der Waals surface area (Å²) in [6.45, 7) is 4.02. The van der Waals surface area contributed by atoms with Gasteiger partial charge in [-0.15, -0.1) is 0 Å². The first-order valence-electron chi connectivity index (χ1n) is 8.28. The van der Waals surface area contributed by atoms with Crippen LogP contribution in [-0.4, -0.2) is 24.6 Å². The van der Waals surface area contributed by atoms with Crippen molar-refractivity contribution in [2.45, 2.75) is 26.3 Å². The SMILES string of the molecule is COc1cccc(C(=N)C/C(=C/C(=O)c2ccccc2)NC(C)C)c1. The topological polar surface area (TPSA) is 62.2 Å². The largest absolute Gasteiger partial charge is 0.497 e. The number of nitrogens with one attached hydrogen (secondary N) is 2. The molecule has 2 aromatic carbocycles. The molecular weight excluding hydrogens is 312 g/mol. The summed E-state index contributed by atoms with van der Waals surface area (Å²) in [4.78, 5) is 12.4. The first-order valence-corrected chi connectivity index (χ1v) is 8.28. The summed E-state index contributed by atoms with van der Waals surface area (Å²) in [5, 5.41) is 11.7. The van der Waals surface area contributed by atoms with Crippen LogP contribution in [0.2, 0.25) is 0 Å². The predicted molar refractivity (Wildman–Crippen MR) is 102 cm³/mol. The van der Waals surface area contributed by atoms with E-state index in [1.807, 2.05) is 56.3 Å². The number of allylic oxidation sites excluding steroid dienone is 2. The highest BCUT2D eigenvalue weighted by atomic mass is 16.5. The summed E-state index contributed by atoms with van der Waals surface area (Å²) in [5.41, 5.74) is 2.58. The fourth-order valence-electron chi connectivity index (χ4n) is 2.46. The molecule has 0 aliphatic rings. The lowest BCUT2D eigenvalue weighted by atomic mass is 10.0. The van der Waals surface area contributed by atoms with E-state index < -0.39 is 0 Å². The van der Waals surface area contributed by atoms with Crippen molar-refractivity contribution in [3.63, 3.8) is 0 Å². The Balaban J connectivity index is 2.20. The standard InChI is InChI=1S/C21H24N2O2/c1-15(2)23-18(14-21(24)16-8-5-4-6-9-16)13-20(22)17-10-7-11-19(12-17)25-3/h4-12,14-15,22-23H,13H2,1-3H3/b18-14-,22-20?. The van der Waals surface area contributed by atoms with Crippen LogP contribution in [0.5, 0.6) is 5.75 Å². The van der Waals surface area contributed by atoms with Crippen LogP contribution in [0.3, 0.4) is 0 Å². The molecule has 0 fully saturated rings. The van der Waals surface area contributed by atoms with Crippen LogP contribution in [0, 0.1) is 5.41 Å². The molecule has 0 aromatic heterocycles. The van der Waals surface area contributed by atoms with Gasteiger partial charge in [0, 0.05) is 35.5 Å². The van der Waals surface area contributed by atoms with E-state index in [-0.39, 0.29) is 11.8 Å². The van der Waals surface area contributed by atoms with E-state index in [4.69, 9.17) is 10.1 Å². The minimum absolute atomic E-state index is 0.0674. The zero-order valence-corrected chi connectivity index (χ0v) is 14.9. The summed E-state index contributed by atoms with van der Waals surface area (Å²) < 4.78 is 5.22. The molecule has 0 amide bonds. The van der Waals surface area contributed by atoms with Crippen molar-refractivity contribution in [1.82, 2.24) is 5.32 Å². The molecule has 0 aliphatic heterocycles. The molecule has 25 heavy (non-hydrogen) atoms. The summed E-state index contributed by atoms with van der Waals surface area (Å²) in [5.74, 6) is 0.646. The van der Waals surface area contributed by atoms with Crippen molar-refractivity contribution < 1.29 is 9.53 Å². The maximum atomic E-state index is 12.4. The second-order valence-corrected chi connectivity index (χ2v) is 6.09. The number of rotatable bonds is 8. The van der Waals surface area contributed by atoms with E-state index in [1.54, 1.807) is 25.3 Å². The highest BCUT2D eigenvalue weighted by Gasteiger charge is 2.10. The van der Waals surface area contributed by atoms with Crippen LogP contribution in [0.15, 0.2) is 66.4 Å². The molecule has 2 rings (SSSR count). The number of carbonyl (C=O) groups is 1. The van der Waals surface area contributed by atoms with Crippen molar-refractivity contribution in [1.29, 1.82) is 5.41 Å². The monoisotopic (exact) mass is 336 g/mol. The first kappa shape index (κ1) is 18.5. The molecule has 130 valence electrons. The van der Waals surface area contributed by atoms with Gasteiger partial charge in [0.05, 0.1) is 7.11 Å². The lowest BCUT2D eigenvalue weighted by Gasteiger charge is -2.15. The third-order valence-corrected chi connectivity index (χ3v) is 3.62. The fourth-order valence-corrected chi connectivity index (χ4v) is 2.46. The molecule has 2 N–H and O–H groups in total. The number of carbonyl (C=O) groups excluding carboxylic acids is 1. The Hall–Kier alpha value is -2.88. The molecule has 0 bridgehead atoms. The van der Waals surface area contributed by atoms with Crippen LogP contribution in [0.1, 0.15) is 36.2 Å². The van der Waals surface area contributed by atoms with Crippen molar-refractivity contribution in [3.8, 4) is 5.75 Å². The molecule has 0 unspecified atom stereocenters. The number of ketones is 1. The quantitative estimate of drug-likeness (QED) is 0.431. The van der Waals surface area contributed by atoms with Crippen molar-refractivity contribution >= 4 is 11.5 Å². The number of methoxy groups -OCH3 is 1. The summed E-state index contributed by atoms with van der Waals surface area (Å²) >= 11 is 0.